The number of hydrogen-bond donors (Lipinski definition) is 0. The molecule has 0 bridgehead atoms. The minimum absolute atomic E-state index is 0.0355. The van der Waals surface area contributed by atoms with Gasteiger partial charge >= 0.3 is 5.97 Å². The summed E-state index contributed by atoms with van der Waals surface area (Å²) in [6.45, 7) is 2.12. The topological polar surface area (TPSA) is 63.7 Å². The Morgan fingerprint density at radius 3 is 2.95 bits per heavy atom. The van der Waals surface area contributed by atoms with Crippen molar-refractivity contribution in [1.82, 2.24) is 0 Å². The number of rotatable bonds is 4. The van der Waals surface area contributed by atoms with E-state index in [1.165, 1.54) is 37.1 Å². The van der Waals surface area contributed by atoms with Crippen LogP contribution in [0.5, 0.6) is 0 Å². The lowest BCUT2D eigenvalue weighted by Crippen LogP contribution is -2.24. The molecule has 0 N–H and O–H groups in total. The summed E-state index contributed by atoms with van der Waals surface area (Å²) in [7, 11) is 1.33. The van der Waals surface area contributed by atoms with Crippen LogP contribution in [0.15, 0.2) is 11.4 Å². The predicted octanol–water partition coefficient (Wildman–Crippen LogP) is 2.17. The van der Waals surface area contributed by atoms with E-state index in [9.17, 15) is 14.4 Å². The Morgan fingerprint density at radius 1 is 1.55 bits per heavy atom. The van der Waals surface area contributed by atoms with E-state index in [0.29, 0.717) is 23.6 Å². The van der Waals surface area contributed by atoms with Crippen molar-refractivity contribution in [3.05, 3.63) is 16.3 Å². The molecule has 20 heavy (non-hydrogen) atoms. The number of esters is 1. The molecule has 1 amide bonds. The number of anilines is 1. The molecule has 5 nitrogen and oxygen atoms in total. The number of carbonyl (C=O) groups excluding carboxylic acids is 3. The second-order valence-corrected chi connectivity index (χ2v) is 6.65. The van der Waals surface area contributed by atoms with Gasteiger partial charge in [-0.15, -0.1) is 11.3 Å². The van der Waals surface area contributed by atoms with Gasteiger partial charge in [-0.05, 0) is 12.0 Å². The molecule has 2 rings (SSSR count). The largest absolute Gasteiger partial charge is 0.465 e. The Bertz CT molecular complexity index is 540. The number of carbonyl (C=O) groups is 3. The van der Waals surface area contributed by atoms with Crippen LogP contribution in [0.2, 0.25) is 0 Å². The van der Waals surface area contributed by atoms with Gasteiger partial charge in [-0.3, -0.25) is 9.59 Å². The van der Waals surface area contributed by atoms with E-state index >= 15 is 0 Å². The lowest BCUT2D eigenvalue weighted by molar-refractivity contribution is -0.117. The van der Waals surface area contributed by atoms with Crippen LogP contribution in [0.4, 0.5) is 5.69 Å². The van der Waals surface area contributed by atoms with Crippen LogP contribution in [0, 0.1) is 5.92 Å². The summed E-state index contributed by atoms with van der Waals surface area (Å²) < 4.78 is 4.65. The van der Waals surface area contributed by atoms with Crippen LogP contribution in [0.3, 0.4) is 0 Å². The van der Waals surface area contributed by atoms with Gasteiger partial charge < -0.3 is 9.64 Å². The van der Waals surface area contributed by atoms with Crippen LogP contribution in [0.25, 0.3) is 0 Å². The van der Waals surface area contributed by atoms with Crippen molar-refractivity contribution in [2.45, 2.75) is 13.3 Å². The maximum absolute atomic E-state index is 12.0. The monoisotopic (exact) mass is 313 g/mol. The normalized spacial score (nSPS) is 18.4. The van der Waals surface area contributed by atoms with Gasteiger partial charge in [0.25, 0.3) is 0 Å². The molecule has 0 spiro atoms. The fourth-order valence-corrected chi connectivity index (χ4v) is 3.56. The Balaban J connectivity index is 2.02. The van der Waals surface area contributed by atoms with Gasteiger partial charge in [-0.25, -0.2) is 4.79 Å². The standard InChI is InChI=1S/C13H15NO4S2/c1-8(15)19-6-9-3-12(16)14(5-9)10-4-11(20-7-10)13(17)18-2/h4,7,9H,3,5-6H2,1-2H3. The summed E-state index contributed by atoms with van der Waals surface area (Å²) in [6.07, 6.45) is 0.448. The van der Waals surface area contributed by atoms with Gasteiger partial charge in [0, 0.05) is 31.0 Å². The second kappa shape index (κ2) is 6.41. The first kappa shape index (κ1) is 15.1. The average molecular weight is 313 g/mol. The molecule has 1 unspecified atom stereocenters. The first-order valence-electron chi connectivity index (χ1n) is 6.12. The van der Waals surface area contributed by atoms with Crippen LogP contribution in [0.1, 0.15) is 23.0 Å². The molecule has 2 heterocycles. The highest BCUT2D eigenvalue weighted by molar-refractivity contribution is 8.13. The molecule has 1 fully saturated rings. The third kappa shape index (κ3) is 3.40. The van der Waals surface area contributed by atoms with Gasteiger partial charge in [0.15, 0.2) is 5.12 Å². The summed E-state index contributed by atoms with van der Waals surface area (Å²) in [5.74, 6) is 0.480. The van der Waals surface area contributed by atoms with E-state index in [1.54, 1.807) is 16.3 Å². The molecule has 1 saturated heterocycles. The zero-order valence-electron chi connectivity index (χ0n) is 11.3. The highest BCUT2D eigenvalue weighted by Crippen LogP contribution is 2.30. The smallest absolute Gasteiger partial charge is 0.348 e. The third-order valence-electron chi connectivity index (χ3n) is 3.01. The minimum atomic E-state index is -0.392. The Morgan fingerprint density at radius 2 is 2.30 bits per heavy atom. The van der Waals surface area contributed by atoms with Gasteiger partial charge in [-0.1, -0.05) is 11.8 Å². The van der Waals surface area contributed by atoms with Crippen molar-refractivity contribution in [3.63, 3.8) is 0 Å². The number of thiophene rings is 1. The number of methoxy groups -OCH3 is 1. The summed E-state index contributed by atoms with van der Waals surface area (Å²) in [6, 6.07) is 1.68. The van der Waals surface area contributed by atoms with E-state index in [-0.39, 0.29) is 16.9 Å². The highest BCUT2D eigenvalue weighted by Gasteiger charge is 2.31. The van der Waals surface area contributed by atoms with Crippen molar-refractivity contribution in [2.75, 3.05) is 24.3 Å². The van der Waals surface area contributed by atoms with Crippen molar-refractivity contribution >= 4 is 45.8 Å². The Hall–Kier alpha value is -1.34. The van der Waals surface area contributed by atoms with Crippen molar-refractivity contribution < 1.29 is 19.1 Å². The Kier molecular flexibility index (Phi) is 4.82. The van der Waals surface area contributed by atoms with E-state index in [2.05, 4.69) is 4.74 Å². The number of thioether (sulfide) groups is 1. The first-order valence-corrected chi connectivity index (χ1v) is 7.98. The molecule has 1 aliphatic heterocycles. The van der Waals surface area contributed by atoms with Gasteiger partial charge in [0.05, 0.1) is 12.8 Å². The lowest BCUT2D eigenvalue weighted by Gasteiger charge is -2.14. The molecule has 0 radical (unpaired) electrons. The van der Waals surface area contributed by atoms with Crippen molar-refractivity contribution in [2.24, 2.45) is 5.92 Å². The van der Waals surface area contributed by atoms with Crippen LogP contribution in [-0.4, -0.2) is 36.4 Å². The zero-order valence-corrected chi connectivity index (χ0v) is 12.9. The molecule has 0 saturated carbocycles. The summed E-state index contributed by atoms with van der Waals surface area (Å²) in [5, 5.41) is 1.85. The van der Waals surface area contributed by atoms with E-state index < -0.39 is 5.97 Å². The minimum Gasteiger partial charge on any atom is -0.465 e. The maximum Gasteiger partial charge on any atom is 0.348 e. The fourth-order valence-electron chi connectivity index (χ4n) is 2.05. The number of nitrogens with zero attached hydrogens (tertiary/aromatic N) is 1. The number of hydrogen-bond acceptors (Lipinski definition) is 6. The summed E-state index contributed by atoms with van der Waals surface area (Å²) >= 11 is 2.52. The molecule has 1 aromatic rings. The SMILES string of the molecule is COC(=O)c1cc(N2CC(CSC(C)=O)CC2=O)cs1. The van der Waals surface area contributed by atoms with Gasteiger partial charge in [0.1, 0.15) is 4.88 Å². The zero-order chi connectivity index (χ0) is 14.7. The molecule has 7 heteroatoms. The number of amides is 1. The van der Waals surface area contributed by atoms with Crippen molar-refractivity contribution in [3.8, 4) is 0 Å². The molecular formula is C13H15NO4S2. The third-order valence-corrected chi connectivity index (χ3v) is 4.95. The molecule has 108 valence electrons. The number of ether oxygens (including phenoxy) is 1. The molecule has 1 aromatic heterocycles. The van der Waals surface area contributed by atoms with E-state index in [0.717, 1.165) is 5.69 Å². The first-order chi connectivity index (χ1) is 9.51. The van der Waals surface area contributed by atoms with E-state index in [1.807, 2.05) is 0 Å². The van der Waals surface area contributed by atoms with Crippen LogP contribution in [-0.2, 0) is 14.3 Å². The molecule has 1 atom stereocenters. The lowest BCUT2D eigenvalue weighted by atomic mass is 10.1. The average Bonchev–Trinajstić information content (AvgIpc) is 3.01. The predicted molar refractivity (Wildman–Crippen MR) is 79.3 cm³/mol. The van der Waals surface area contributed by atoms with Gasteiger partial charge in [0.2, 0.25) is 5.91 Å². The van der Waals surface area contributed by atoms with Crippen LogP contribution >= 0.6 is 23.1 Å². The molecule has 0 aliphatic carbocycles. The van der Waals surface area contributed by atoms with Crippen LogP contribution < -0.4 is 4.90 Å². The quantitative estimate of drug-likeness (QED) is 0.797. The molecular weight excluding hydrogens is 298 g/mol. The fraction of sp³-hybridized carbons (Fsp3) is 0.462. The van der Waals surface area contributed by atoms with Gasteiger partial charge in [-0.2, -0.15) is 0 Å². The molecule has 1 aliphatic rings. The van der Waals surface area contributed by atoms with E-state index in [4.69, 9.17) is 0 Å². The highest BCUT2D eigenvalue weighted by atomic mass is 32.2. The molecule has 0 aromatic carbocycles. The summed E-state index contributed by atoms with van der Waals surface area (Å²) in [4.78, 5) is 36.5. The maximum atomic E-state index is 12.0. The summed E-state index contributed by atoms with van der Waals surface area (Å²) in [5.41, 5.74) is 0.732. The Labute approximate surface area is 125 Å². The van der Waals surface area contributed by atoms with Crippen molar-refractivity contribution in [1.29, 1.82) is 0 Å². The second-order valence-electron chi connectivity index (χ2n) is 4.54.